The van der Waals surface area contributed by atoms with Crippen molar-refractivity contribution in [2.75, 3.05) is 10.6 Å². The number of rotatable bonds is 5. The van der Waals surface area contributed by atoms with Crippen molar-refractivity contribution in [1.82, 2.24) is 0 Å². The minimum atomic E-state index is -0.582. The fraction of sp³-hybridized carbons (Fsp3) is 0.176. The standard InChI is InChI=1S/C17H15Cl2FN2O2S/c1-9(25-16-7-11(18)3-5-13(16)19)17(24)22-12-4-6-14(20)15(8-12)21-10(2)23/h3-9H,1-2H3,(H,21,23)(H,22,24). The molecule has 0 aliphatic rings. The monoisotopic (exact) mass is 400 g/mol. The number of hydrogen-bond acceptors (Lipinski definition) is 3. The van der Waals surface area contributed by atoms with Gasteiger partial charge in [-0.1, -0.05) is 23.2 Å². The van der Waals surface area contributed by atoms with E-state index in [1.807, 2.05) is 0 Å². The number of carbonyl (C=O) groups excluding carboxylic acids is 2. The van der Waals surface area contributed by atoms with E-state index in [9.17, 15) is 14.0 Å². The van der Waals surface area contributed by atoms with E-state index in [2.05, 4.69) is 10.6 Å². The van der Waals surface area contributed by atoms with E-state index in [-0.39, 0.29) is 11.6 Å². The maximum Gasteiger partial charge on any atom is 0.237 e. The lowest BCUT2D eigenvalue weighted by atomic mass is 10.2. The summed E-state index contributed by atoms with van der Waals surface area (Å²) in [5.41, 5.74) is 0.378. The molecule has 8 heteroatoms. The number of thioether (sulfide) groups is 1. The predicted molar refractivity (Wildman–Crippen MR) is 101 cm³/mol. The second kappa shape index (κ2) is 8.56. The second-order valence-corrected chi connectivity index (χ2v) is 7.43. The second-order valence-electron chi connectivity index (χ2n) is 5.20. The first kappa shape index (κ1) is 19.6. The number of carbonyl (C=O) groups is 2. The minimum Gasteiger partial charge on any atom is -0.325 e. The van der Waals surface area contributed by atoms with Crippen LogP contribution >= 0.6 is 35.0 Å². The highest BCUT2D eigenvalue weighted by Crippen LogP contribution is 2.33. The highest BCUT2D eigenvalue weighted by Gasteiger charge is 2.17. The summed E-state index contributed by atoms with van der Waals surface area (Å²) in [6, 6.07) is 8.97. The summed E-state index contributed by atoms with van der Waals surface area (Å²) in [7, 11) is 0. The van der Waals surface area contributed by atoms with Gasteiger partial charge in [0, 0.05) is 22.5 Å². The van der Waals surface area contributed by atoms with E-state index in [1.54, 1.807) is 25.1 Å². The molecule has 0 fully saturated rings. The van der Waals surface area contributed by atoms with Gasteiger partial charge in [-0.2, -0.15) is 0 Å². The first-order valence-corrected chi connectivity index (χ1v) is 8.89. The van der Waals surface area contributed by atoms with Crippen LogP contribution in [0.1, 0.15) is 13.8 Å². The molecule has 2 rings (SSSR count). The quantitative estimate of drug-likeness (QED) is 0.677. The largest absolute Gasteiger partial charge is 0.325 e. The van der Waals surface area contributed by atoms with Crippen LogP contribution in [0.4, 0.5) is 15.8 Å². The molecule has 0 saturated heterocycles. The molecule has 2 N–H and O–H groups in total. The number of benzene rings is 2. The summed E-state index contributed by atoms with van der Waals surface area (Å²) < 4.78 is 13.6. The van der Waals surface area contributed by atoms with Gasteiger partial charge in [0.1, 0.15) is 5.82 Å². The summed E-state index contributed by atoms with van der Waals surface area (Å²) in [5.74, 6) is -1.27. The Labute approximate surface area is 159 Å². The van der Waals surface area contributed by atoms with Gasteiger partial charge >= 0.3 is 0 Å². The molecule has 4 nitrogen and oxygen atoms in total. The Morgan fingerprint density at radius 3 is 2.52 bits per heavy atom. The SMILES string of the molecule is CC(=O)Nc1cc(NC(=O)C(C)Sc2cc(Cl)ccc2Cl)ccc1F. The molecule has 25 heavy (non-hydrogen) atoms. The fourth-order valence-electron chi connectivity index (χ4n) is 1.94. The van der Waals surface area contributed by atoms with Gasteiger partial charge in [-0.25, -0.2) is 4.39 Å². The molecule has 0 bridgehead atoms. The molecule has 0 aliphatic carbocycles. The molecule has 0 aromatic heterocycles. The van der Waals surface area contributed by atoms with Gasteiger partial charge in [-0.15, -0.1) is 11.8 Å². The molecule has 0 spiro atoms. The van der Waals surface area contributed by atoms with Crippen LogP contribution < -0.4 is 10.6 Å². The van der Waals surface area contributed by atoms with E-state index in [0.717, 1.165) is 0 Å². The maximum absolute atomic E-state index is 13.6. The summed E-state index contributed by atoms with van der Waals surface area (Å²) >= 11 is 13.3. The molecule has 0 radical (unpaired) electrons. The average molecular weight is 401 g/mol. The summed E-state index contributed by atoms with van der Waals surface area (Å²) in [6.07, 6.45) is 0. The third kappa shape index (κ3) is 5.63. The van der Waals surface area contributed by atoms with Gasteiger partial charge < -0.3 is 10.6 Å². The molecule has 2 aromatic carbocycles. The van der Waals surface area contributed by atoms with Crippen molar-refractivity contribution in [3.63, 3.8) is 0 Å². The lowest BCUT2D eigenvalue weighted by Gasteiger charge is -2.14. The average Bonchev–Trinajstić information content (AvgIpc) is 2.53. The van der Waals surface area contributed by atoms with Crippen LogP contribution in [0.25, 0.3) is 0 Å². The molecule has 0 aliphatic heterocycles. The molecular formula is C17H15Cl2FN2O2S. The molecule has 1 unspecified atom stereocenters. The number of halogens is 3. The van der Waals surface area contributed by atoms with Crippen molar-refractivity contribution in [2.24, 2.45) is 0 Å². The number of amides is 2. The van der Waals surface area contributed by atoms with Crippen molar-refractivity contribution < 1.29 is 14.0 Å². The van der Waals surface area contributed by atoms with Gasteiger partial charge in [0.15, 0.2) is 0 Å². The summed E-state index contributed by atoms with van der Waals surface area (Å²) in [5, 5.41) is 5.61. The van der Waals surface area contributed by atoms with Crippen LogP contribution in [0.3, 0.4) is 0 Å². The van der Waals surface area contributed by atoms with Crippen LogP contribution in [0, 0.1) is 5.82 Å². The van der Waals surface area contributed by atoms with Crippen molar-refractivity contribution >= 4 is 58.2 Å². The smallest absolute Gasteiger partial charge is 0.237 e. The van der Waals surface area contributed by atoms with E-state index in [4.69, 9.17) is 23.2 Å². The summed E-state index contributed by atoms with van der Waals surface area (Å²) in [4.78, 5) is 24.1. The zero-order valence-electron chi connectivity index (χ0n) is 13.4. The van der Waals surface area contributed by atoms with Crippen LogP contribution in [0.2, 0.25) is 10.0 Å². The molecule has 2 amide bonds. The summed E-state index contributed by atoms with van der Waals surface area (Å²) in [6.45, 7) is 2.99. The lowest BCUT2D eigenvalue weighted by Crippen LogP contribution is -2.22. The zero-order valence-corrected chi connectivity index (χ0v) is 15.7. The number of hydrogen-bond donors (Lipinski definition) is 2. The highest BCUT2D eigenvalue weighted by atomic mass is 35.5. The van der Waals surface area contributed by atoms with Gasteiger partial charge in [0.2, 0.25) is 11.8 Å². The van der Waals surface area contributed by atoms with Crippen molar-refractivity contribution in [3.8, 4) is 0 Å². The Kier molecular flexibility index (Phi) is 6.70. The third-order valence-electron chi connectivity index (χ3n) is 3.11. The van der Waals surface area contributed by atoms with Crippen LogP contribution in [-0.4, -0.2) is 17.1 Å². The van der Waals surface area contributed by atoms with Gasteiger partial charge in [0.25, 0.3) is 0 Å². The van der Waals surface area contributed by atoms with Gasteiger partial charge in [-0.3, -0.25) is 9.59 Å². The van der Waals surface area contributed by atoms with Gasteiger partial charge in [-0.05, 0) is 43.3 Å². The van der Waals surface area contributed by atoms with E-state index in [0.29, 0.717) is 20.6 Å². The topological polar surface area (TPSA) is 58.2 Å². The molecule has 132 valence electrons. The van der Waals surface area contributed by atoms with E-state index in [1.165, 1.54) is 36.9 Å². The molecule has 0 heterocycles. The third-order valence-corrected chi connectivity index (χ3v) is 4.95. The first-order chi connectivity index (χ1) is 11.8. The molecule has 2 aromatic rings. The molecule has 0 saturated carbocycles. The minimum absolute atomic E-state index is 0.00323. The van der Waals surface area contributed by atoms with Crippen molar-refractivity contribution in [1.29, 1.82) is 0 Å². The highest BCUT2D eigenvalue weighted by molar-refractivity contribution is 8.00. The predicted octanol–water partition coefficient (Wildman–Crippen LogP) is 5.21. The Morgan fingerprint density at radius 1 is 1.12 bits per heavy atom. The maximum atomic E-state index is 13.6. The van der Waals surface area contributed by atoms with Gasteiger partial charge in [0.05, 0.1) is 16.0 Å². The van der Waals surface area contributed by atoms with Crippen LogP contribution in [0.15, 0.2) is 41.3 Å². The van der Waals surface area contributed by atoms with Crippen molar-refractivity contribution in [3.05, 3.63) is 52.3 Å². The Bertz CT molecular complexity index is 817. The van der Waals surface area contributed by atoms with Crippen LogP contribution in [-0.2, 0) is 9.59 Å². The first-order valence-electron chi connectivity index (χ1n) is 7.26. The van der Waals surface area contributed by atoms with Crippen LogP contribution in [0.5, 0.6) is 0 Å². The molecule has 1 atom stereocenters. The van der Waals surface area contributed by atoms with Crippen molar-refractivity contribution in [2.45, 2.75) is 24.0 Å². The fourth-order valence-corrected chi connectivity index (χ4v) is 3.35. The lowest BCUT2D eigenvalue weighted by molar-refractivity contribution is -0.115. The Hall–Kier alpha value is -1.76. The Balaban J connectivity index is 2.08. The normalized spacial score (nSPS) is 11.7. The zero-order chi connectivity index (χ0) is 18.6. The number of nitrogens with one attached hydrogen (secondary N) is 2. The number of anilines is 2. The van der Waals surface area contributed by atoms with E-state index >= 15 is 0 Å². The Morgan fingerprint density at radius 2 is 1.84 bits per heavy atom. The molecular weight excluding hydrogens is 386 g/mol. The van der Waals surface area contributed by atoms with E-state index < -0.39 is 17.0 Å².